The molecule has 25 heavy (non-hydrogen) atoms. The Labute approximate surface area is 139 Å². The first-order chi connectivity index (χ1) is 11.4. The van der Waals surface area contributed by atoms with Crippen LogP contribution in [-0.2, 0) is 31.8 Å². The number of ether oxygens (including phenoxy) is 2. The van der Waals surface area contributed by atoms with Gasteiger partial charge in [0.05, 0.1) is 41.9 Å². The van der Waals surface area contributed by atoms with Gasteiger partial charge in [-0.1, -0.05) is 0 Å². The number of hydrogen-bond acceptors (Lipinski definition) is 4. The number of benzene rings is 1. The first-order valence-corrected chi connectivity index (χ1v) is 8.36. The molecule has 1 atom stereocenters. The number of hydrogen-bond donors (Lipinski definition) is 1. The summed E-state index contributed by atoms with van der Waals surface area (Å²) in [5, 5.41) is 0. The van der Waals surface area contributed by atoms with E-state index in [0.29, 0.717) is 6.61 Å². The maximum absolute atomic E-state index is 12.8. The second-order valence-electron chi connectivity index (χ2n) is 5.16. The molecule has 0 bridgehead atoms. The molecule has 0 spiro atoms. The van der Waals surface area contributed by atoms with Crippen molar-refractivity contribution in [3.63, 3.8) is 0 Å². The SMILES string of the molecule is O=S(=O)(NC[C@@H]1COCCO1)c1cc(C(F)(F)F)cc(C(F)(F)F)c1. The summed E-state index contributed by atoms with van der Waals surface area (Å²) >= 11 is 0. The molecule has 1 heterocycles. The van der Waals surface area contributed by atoms with Gasteiger partial charge in [-0.2, -0.15) is 26.3 Å². The monoisotopic (exact) mass is 393 g/mol. The van der Waals surface area contributed by atoms with E-state index in [-0.39, 0.29) is 38.0 Å². The second kappa shape index (κ2) is 7.09. The van der Waals surface area contributed by atoms with Crippen LogP contribution in [0.1, 0.15) is 11.1 Å². The van der Waals surface area contributed by atoms with E-state index in [1.165, 1.54) is 0 Å². The van der Waals surface area contributed by atoms with Gasteiger partial charge in [-0.15, -0.1) is 0 Å². The highest BCUT2D eigenvalue weighted by Gasteiger charge is 2.38. The van der Waals surface area contributed by atoms with E-state index in [4.69, 9.17) is 9.47 Å². The summed E-state index contributed by atoms with van der Waals surface area (Å²) < 4.78 is 113. The maximum atomic E-state index is 12.8. The summed E-state index contributed by atoms with van der Waals surface area (Å²) in [6.45, 7) is 0.221. The molecule has 0 aromatic heterocycles. The van der Waals surface area contributed by atoms with Crippen molar-refractivity contribution in [2.75, 3.05) is 26.4 Å². The molecule has 1 aliphatic heterocycles. The molecule has 1 aromatic carbocycles. The Hall–Kier alpha value is -1.37. The Kier molecular flexibility index (Phi) is 5.66. The number of nitrogens with one attached hydrogen (secondary N) is 1. The van der Waals surface area contributed by atoms with E-state index in [9.17, 15) is 34.8 Å². The predicted octanol–water partition coefficient (Wildman–Crippen LogP) is 2.42. The van der Waals surface area contributed by atoms with Crippen molar-refractivity contribution >= 4 is 10.0 Å². The summed E-state index contributed by atoms with van der Waals surface area (Å²) in [4.78, 5) is -1.13. The third-order valence-electron chi connectivity index (χ3n) is 3.26. The molecule has 0 radical (unpaired) electrons. The number of sulfonamides is 1. The third-order valence-corrected chi connectivity index (χ3v) is 4.66. The molecule has 1 fully saturated rings. The number of halogens is 6. The van der Waals surface area contributed by atoms with Gasteiger partial charge in [0.15, 0.2) is 0 Å². The molecule has 12 heteroatoms. The van der Waals surface area contributed by atoms with Crippen molar-refractivity contribution in [3.8, 4) is 0 Å². The fraction of sp³-hybridized carbons (Fsp3) is 0.538. The molecule has 0 amide bonds. The smallest absolute Gasteiger partial charge is 0.376 e. The summed E-state index contributed by atoms with van der Waals surface area (Å²) in [7, 11) is -4.61. The highest BCUT2D eigenvalue weighted by molar-refractivity contribution is 7.89. The molecule has 142 valence electrons. The molecule has 0 unspecified atom stereocenters. The quantitative estimate of drug-likeness (QED) is 0.799. The van der Waals surface area contributed by atoms with Crippen LogP contribution in [-0.4, -0.2) is 40.9 Å². The van der Waals surface area contributed by atoms with Crippen LogP contribution in [0.15, 0.2) is 23.1 Å². The molecule has 0 aliphatic carbocycles. The fourth-order valence-electron chi connectivity index (χ4n) is 2.02. The van der Waals surface area contributed by atoms with E-state index in [1.807, 2.05) is 4.72 Å². The lowest BCUT2D eigenvalue weighted by atomic mass is 10.1. The minimum absolute atomic E-state index is 0.0545. The van der Waals surface area contributed by atoms with E-state index in [2.05, 4.69) is 0 Å². The van der Waals surface area contributed by atoms with Crippen LogP contribution < -0.4 is 4.72 Å². The van der Waals surface area contributed by atoms with Gasteiger partial charge in [0.25, 0.3) is 0 Å². The first-order valence-electron chi connectivity index (χ1n) is 6.88. The molecule has 0 saturated carbocycles. The standard InChI is InChI=1S/C13H13F6NO4S/c14-12(15,16)8-3-9(13(17,18)19)5-11(4-8)25(21,22)20-6-10-7-23-1-2-24-10/h3-5,10,20H,1-2,6-7H2/t10-/m1/s1. The van der Waals surface area contributed by atoms with Crippen LogP contribution in [0.5, 0.6) is 0 Å². The van der Waals surface area contributed by atoms with E-state index in [1.54, 1.807) is 0 Å². The Morgan fingerprint density at radius 3 is 2.00 bits per heavy atom. The highest BCUT2D eigenvalue weighted by atomic mass is 32.2. The summed E-state index contributed by atoms with van der Waals surface area (Å²) in [6, 6.07) is 0.155. The van der Waals surface area contributed by atoms with Gasteiger partial charge < -0.3 is 9.47 Å². The van der Waals surface area contributed by atoms with Crippen LogP contribution in [0.4, 0.5) is 26.3 Å². The molecule has 1 saturated heterocycles. The average molecular weight is 393 g/mol. The van der Waals surface area contributed by atoms with Gasteiger partial charge in [-0.25, -0.2) is 13.1 Å². The van der Waals surface area contributed by atoms with Crippen LogP contribution in [0, 0.1) is 0 Å². The van der Waals surface area contributed by atoms with Crippen molar-refractivity contribution in [2.24, 2.45) is 0 Å². The largest absolute Gasteiger partial charge is 0.416 e. The van der Waals surface area contributed by atoms with Crippen molar-refractivity contribution in [2.45, 2.75) is 23.4 Å². The van der Waals surface area contributed by atoms with E-state index < -0.39 is 44.5 Å². The summed E-state index contributed by atoms with van der Waals surface area (Å²) in [5.74, 6) is 0. The van der Waals surface area contributed by atoms with Crippen LogP contribution >= 0.6 is 0 Å². The van der Waals surface area contributed by atoms with Gasteiger partial charge in [0, 0.05) is 6.54 Å². The number of alkyl halides is 6. The van der Waals surface area contributed by atoms with Crippen molar-refractivity contribution < 1.29 is 44.2 Å². The van der Waals surface area contributed by atoms with Crippen LogP contribution in [0.3, 0.4) is 0 Å². The molecule has 1 N–H and O–H groups in total. The molecule has 1 aliphatic rings. The van der Waals surface area contributed by atoms with E-state index in [0.717, 1.165) is 0 Å². The van der Waals surface area contributed by atoms with Crippen LogP contribution in [0.2, 0.25) is 0 Å². The van der Waals surface area contributed by atoms with Gasteiger partial charge >= 0.3 is 12.4 Å². The minimum Gasteiger partial charge on any atom is -0.376 e. The normalized spacial score (nSPS) is 19.8. The Balaban J connectivity index is 2.31. The topological polar surface area (TPSA) is 64.6 Å². The molecular weight excluding hydrogens is 380 g/mol. The zero-order valence-corrected chi connectivity index (χ0v) is 13.3. The van der Waals surface area contributed by atoms with Crippen molar-refractivity contribution in [1.29, 1.82) is 0 Å². The van der Waals surface area contributed by atoms with Crippen molar-refractivity contribution in [3.05, 3.63) is 29.3 Å². The second-order valence-corrected chi connectivity index (χ2v) is 6.93. The lowest BCUT2D eigenvalue weighted by Crippen LogP contribution is -2.39. The lowest BCUT2D eigenvalue weighted by Gasteiger charge is -2.23. The van der Waals surface area contributed by atoms with Gasteiger partial charge in [0.1, 0.15) is 0 Å². The molecular formula is C13H13F6NO4S. The Bertz CT molecular complexity index is 678. The molecule has 5 nitrogen and oxygen atoms in total. The van der Waals surface area contributed by atoms with Crippen LogP contribution in [0.25, 0.3) is 0 Å². The van der Waals surface area contributed by atoms with Gasteiger partial charge in [-0.05, 0) is 18.2 Å². The first kappa shape index (κ1) is 19.9. The summed E-state index contributed by atoms with van der Waals surface area (Å²) in [5.41, 5.74) is -3.42. The lowest BCUT2D eigenvalue weighted by molar-refractivity contribution is -0.143. The zero-order valence-electron chi connectivity index (χ0n) is 12.4. The molecule has 2 rings (SSSR count). The van der Waals surface area contributed by atoms with Gasteiger partial charge in [0.2, 0.25) is 10.0 Å². The molecule has 1 aromatic rings. The van der Waals surface area contributed by atoms with E-state index >= 15 is 0 Å². The van der Waals surface area contributed by atoms with Gasteiger partial charge in [-0.3, -0.25) is 0 Å². The fourth-order valence-corrected chi connectivity index (χ4v) is 3.16. The Morgan fingerprint density at radius 2 is 1.56 bits per heavy atom. The van der Waals surface area contributed by atoms with Crippen molar-refractivity contribution in [1.82, 2.24) is 4.72 Å². The highest BCUT2D eigenvalue weighted by Crippen LogP contribution is 2.37. The summed E-state index contributed by atoms with van der Waals surface area (Å²) in [6.07, 6.45) is -11.0. The maximum Gasteiger partial charge on any atom is 0.416 e. The zero-order chi connectivity index (χ0) is 18.9. The Morgan fingerprint density at radius 1 is 1.00 bits per heavy atom. The average Bonchev–Trinajstić information content (AvgIpc) is 2.52. The predicted molar refractivity (Wildman–Crippen MR) is 72.2 cm³/mol. The minimum atomic E-state index is -5.13. The third kappa shape index (κ3) is 5.30. The number of rotatable bonds is 4.